The Morgan fingerprint density at radius 2 is 2.11 bits per heavy atom. The molecule has 0 spiro atoms. The number of hydrogen-bond donors (Lipinski definition) is 1. The number of hydrogen-bond acceptors (Lipinski definition) is 3. The lowest BCUT2D eigenvalue weighted by atomic mass is 9.95. The van der Waals surface area contributed by atoms with Crippen LogP contribution < -0.4 is 5.32 Å². The molecule has 1 aromatic rings. The summed E-state index contributed by atoms with van der Waals surface area (Å²) in [7, 11) is 0. The minimum absolute atomic E-state index is 0.153. The van der Waals surface area contributed by atoms with Gasteiger partial charge in [-0.25, -0.2) is 4.79 Å². The summed E-state index contributed by atoms with van der Waals surface area (Å²) in [4.78, 5) is 41.7. The van der Waals surface area contributed by atoms with Crippen molar-refractivity contribution in [2.75, 3.05) is 6.54 Å². The highest BCUT2D eigenvalue weighted by atomic mass is 79.9. The van der Waals surface area contributed by atoms with Crippen molar-refractivity contribution >= 4 is 51.1 Å². The van der Waals surface area contributed by atoms with Gasteiger partial charge in [-0.15, -0.1) is 0 Å². The van der Waals surface area contributed by atoms with E-state index in [9.17, 15) is 14.4 Å². The topological polar surface area (TPSA) is 78.8 Å². The first-order chi connectivity index (χ1) is 12.9. The smallest absolute Gasteiger partial charge is 0.350 e. The first-order valence-electron chi connectivity index (χ1n) is 8.44. The fourth-order valence-corrected chi connectivity index (χ4v) is 3.46. The Hall–Kier alpha value is -2.25. The van der Waals surface area contributed by atoms with Crippen molar-refractivity contribution in [1.82, 2.24) is 10.2 Å². The highest BCUT2D eigenvalue weighted by molar-refractivity contribution is 9.11. The SMILES string of the molecule is O=C(CCCN1C(=O)N=C2C=CC(Br)=CC2C1=O)NCc1cccc(Cl)c1. The van der Waals surface area contributed by atoms with Crippen LogP contribution in [0.4, 0.5) is 4.79 Å². The van der Waals surface area contributed by atoms with E-state index in [-0.39, 0.29) is 24.8 Å². The Bertz CT molecular complexity index is 879. The van der Waals surface area contributed by atoms with Crippen LogP contribution in [0.15, 0.2) is 52.0 Å². The minimum atomic E-state index is -0.582. The molecule has 0 fully saturated rings. The molecule has 1 heterocycles. The predicted molar refractivity (Wildman–Crippen MR) is 107 cm³/mol. The van der Waals surface area contributed by atoms with Gasteiger partial charge >= 0.3 is 6.03 Å². The molecule has 0 aromatic heterocycles. The van der Waals surface area contributed by atoms with E-state index < -0.39 is 11.9 Å². The summed E-state index contributed by atoms with van der Waals surface area (Å²) in [5.41, 5.74) is 1.35. The number of benzene rings is 1. The van der Waals surface area contributed by atoms with E-state index in [0.717, 1.165) is 14.9 Å². The number of nitrogens with zero attached hydrogens (tertiary/aromatic N) is 2. The van der Waals surface area contributed by atoms with Crippen LogP contribution in [0, 0.1) is 5.92 Å². The summed E-state index contributed by atoms with van der Waals surface area (Å²) in [5, 5.41) is 3.41. The van der Waals surface area contributed by atoms with Crippen LogP contribution in [0.1, 0.15) is 18.4 Å². The second-order valence-electron chi connectivity index (χ2n) is 6.18. The van der Waals surface area contributed by atoms with Crippen LogP contribution in [0.5, 0.6) is 0 Å². The minimum Gasteiger partial charge on any atom is -0.352 e. The second kappa shape index (κ2) is 8.63. The summed E-state index contributed by atoms with van der Waals surface area (Å²) < 4.78 is 0.773. The average Bonchev–Trinajstić information content (AvgIpc) is 2.63. The molecule has 140 valence electrons. The molecule has 0 saturated heterocycles. The van der Waals surface area contributed by atoms with Gasteiger partial charge in [-0.1, -0.05) is 45.7 Å². The molecule has 4 amide bonds. The number of allylic oxidation sites excluding steroid dienone is 3. The predicted octanol–water partition coefficient (Wildman–Crippen LogP) is 3.60. The summed E-state index contributed by atoms with van der Waals surface area (Å²) in [6, 6.07) is 6.66. The lowest BCUT2D eigenvalue weighted by Gasteiger charge is -2.28. The Balaban J connectivity index is 1.49. The number of aliphatic imine (C=N–C) groups is 1. The van der Waals surface area contributed by atoms with Crippen molar-refractivity contribution < 1.29 is 14.4 Å². The third-order valence-electron chi connectivity index (χ3n) is 4.21. The van der Waals surface area contributed by atoms with Crippen LogP contribution in [0.2, 0.25) is 5.02 Å². The zero-order valence-corrected chi connectivity index (χ0v) is 16.7. The van der Waals surface area contributed by atoms with Crippen molar-refractivity contribution in [3.8, 4) is 0 Å². The van der Waals surface area contributed by atoms with Crippen molar-refractivity contribution in [3.05, 3.63) is 57.6 Å². The number of carbonyl (C=O) groups is 3. The van der Waals surface area contributed by atoms with Gasteiger partial charge in [-0.3, -0.25) is 14.5 Å². The van der Waals surface area contributed by atoms with Crippen LogP contribution in [-0.4, -0.2) is 35.0 Å². The molecule has 1 N–H and O–H groups in total. The highest BCUT2D eigenvalue weighted by Gasteiger charge is 2.36. The Morgan fingerprint density at radius 3 is 2.89 bits per heavy atom. The van der Waals surface area contributed by atoms with Gasteiger partial charge in [-0.2, -0.15) is 4.99 Å². The zero-order valence-electron chi connectivity index (χ0n) is 14.3. The van der Waals surface area contributed by atoms with Crippen molar-refractivity contribution in [3.63, 3.8) is 0 Å². The van der Waals surface area contributed by atoms with E-state index in [1.54, 1.807) is 30.4 Å². The Morgan fingerprint density at radius 1 is 1.30 bits per heavy atom. The summed E-state index contributed by atoms with van der Waals surface area (Å²) in [6.07, 6.45) is 5.70. The van der Waals surface area contributed by atoms with Gasteiger partial charge in [-0.05, 0) is 36.3 Å². The zero-order chi connectivity index (χ0) is 19.4. The molecule has 1 aromatic carbocycles. The third kappa shape index (κ3) is 4.93. The number of halogens is 2. The van der Waals surface area contributed by atoms with Gasteiger partial charge < -0.3 is 5.32 Å². The number of carbonyl (C=O) groups excluding carboxylic acids is 3. The highest BCUT2D eigenvalue weighted by Crippen LogP contribution is 2.25. The number of amides is 4. The van der Waals surface area contributed by atoms with Gasteiger partial charge in [0.05, 0.1) is 5.71 Å². The van der Waals surface area contributed by atoms with E-state index in [2.05, 4.69) is 26.2 Å². The summed E-state index contributed by atoms with van der Waals surface area (Å²) in [6.45, 7) is 0.534. The van der Waals surface area contributed by atoms with E-state index >= 15 is 0 Å². The summed E-state index contributed by atoms with van der Waals surface area (Å²) >= 11 is 9.24. The maximum absolute atomic E-state index is 12.5. The maximum Gasteiger partial charge on any atom is 0.350 e. The second-order valence-corrected chi connectivity index (χ2v) is 7.53. The number of imide groups is 1. The molecule has 0 radical (unpaired) electrons. The molecular weight excluding hydrogens is 434 g/mol. The lowest BCUT2D eigenvalue weighted by Crippen LogP contribution is -2.46. The normalized spacial score (nSPS) is 18.7. The van der Waals surface area contributed by atoms with Crippen LogP contribution in [-0.2, 0) is 16.1 Å². The largest absolute Gasteiger partial charge is 0.352 e. The molecule has 8 heteroatoms. The standard InChI is InChI=1S/C19H17BrClN3O3/c20-13-6-7-16-15(10-13)18(26)24(19(27)23-16)8-2-5-17(25)22-11-12-3-1-4-14(21)9-12/h1,3-4,6-7,9-10,15H,2,5,8,11H2,(H,22,25). The fraction of sp³-hybridized carbons (Fsp3) is 0.263. The monoisotopic (exact) mass is 449 g/mol. The van der Waals surface area contributed by atoms with Gasteiger partial charge in [0.25, 0.3) is 0 Å². The molecule has 1 atom stereocenters. The molecular formula is C19H17BrClN3O3. The van der Waals surface area contributed by atoms with Crippen molar-refractivity contribution in [2.45, 2.75) is 19.4 Å². The van der Waals surface area contributed by atoms with E-state index in [1.165, 1.54) is 0 Å². The average molecular weight is 451 g/mol. The van der Waals surface area contributed by atoms with Gasteiger partial charge in [0, 0.05) is 29.0 Å². The lowest BCUT2D eigenvalue weighted by molar-refractivity contribution is -0.130. The number of urea groups is 1. The Kier molecular flexibility index (Phi) is 6.23. The van der Waals surface area contributed by atoms with Crippen molar-refractivity contribution in [2.24, 2.45) is 10.9 Å². The molecule has 1 unspecified atom stereocenters. The van der Waals surface area contributed by atoms with E-state index in [1.807, 2.05) is 12.1 Å². The molecule has 0 saturated carbocycles. The van der Waals surface area contributed by atoms with Crippen LogP contribution in [0.25, 0.3) is 0 Å². The van der Waals surface area contributed by atoms with Gasteiger partial charge in [0.1, 0.15) is 5.92 Å². The Labute approximate surface area is 170 Å². The molecule has 1 aliphatic heterocycles. The molecule has 2 aliphatic rings. The van der Waals surface area contributed by atoms with Gasteiger partial charge in [0.15, 0.2) is 0 Å². The maximum atomic E-state index is 12.5. The van der Waals surface area contributed by atoms with Crippen molar-refractivity contribution in [1.29, 1.82) is 0 Å². The van der Waals surface area contributed by atoms with Gasteiger partial charge in [0.2, 0.25) is 11.8 Å². The first kappa shape index (κ1) is 19.5. The van der Waals surface area contributed by atoms with E-state index in [0.29, 0.717) is 23.7 Å². The molecule has 0 bridgehead atoms. The number of nitrogens with one attached hydrogen (secondary N) is 1. The van der Waals surface area contributed by atoms with Crippen LogP contribution in [0.3, 0.4) is 0 Å². The quantitative estimate of drug-likeness (QED) is 0.719. The molecule has 27 heavy (non-hydrogen) atoms. The van der Waals surface area contributed by atoms with E-state index in [4.69, 9.17) is 11.6 Å². The third-order valence-corrected chi connectivity index (χ3v) is 4.97. The molecule has 3 rings (SSSR count). The number of fused-ring (bicyclic) bond motifs is 1. The molecule has 1 aliphatic carbocycles. The fourth-order valence-electron chi connectivity index (χ4n) is 2.85. The summed E-state index contributed by atoms with van der Waals surface area (Å²) in [5.74, 6) is -1.02. The number of rotatable bonds is 6. The van der Waals surface area contributed by atoms with Crippen LogP contribution >= 0.6 is 27.5 Å². The first-order valence-corrected chi connectivity index (χ1v) is 9.61. The molecule has 6 nitrogen and oxygen atoms in total.